The number of ether oxygens (including phenoxy) is 2. The number of rotatable bonds is 6. The van der Waals surface area contributed by atoms with Crippen LogP contribution in [0.3, 0.4) is 0 Å². The second-order valence-corrected chi connectivity index (χ2v) is 4.82. The van der Waals surface area contributed by atoms with E-state index in [4.69, 9.17) is 21.1 Å². The average Bonchev–Trinajstić information content (AvgIpc) is 2.50. The lowest BCUT2D eigenvalue weighted by Gasteiger charge is -2.08. The van der Waals surface area contributed by atoms with Gasteiger partial charge in [-0.2, -0.15) is 0 Å². The molecule has 0 saturated carbocycles. The highest BCUT2D eigenvalue weighted by atomic mass is 35.5. The van der Waals surface area contributed by atoms with Crippen molar-refractivity contribution in [1.29, 1.82) is 0 Å². The molecule has 0 aliphatic rings. The summed E-state index contributed by atoms with van der Waals surface area (Å²) in [5, 5.41) is 4.68. The normalized spacial score (nSPS) is 10.3. The van der Waals surface area contributed by atoms with Crippen molar-refractivity contribution in [3.63, 3.8) is 0 Å². The molecule has 2 aromatic rings. The molecule has 0 radical (unpaired) electrons. The van der Waals surface area contributed by atoms with Crippen molar-refractivity contribution in [2.24, 2.45) is 0 Å². The number of benzene rings is 1. The number of hydrogen-bond acceptors (Lipinski definition) is 5. The van der Waals surface area contributed by atoms with Gasteiger partial charge in [0, 0.05) is 17.2 Å². The van der Waals surface area contributed by atoms with Crippen molar-refractivity contribution in [3.8, 4) is 5.88 Å². The van der Waals surface area contributed by atoms with Crippen LogP contribution in [-0.2, 0) is 16.1 Å². The average molecular weight is 323 g/mol. The van der Waals surface area contributed by atoms with Crippen LogP contribution in [-0.4, -0.2) is 29.0 Å². The highest BCUT2D eigenvalue weighted by molar-refractivity contribution is 6.30. The van der Waals surface area contributed by atoms with Crippen molar-refractivity contribution in [1.82, 2.24) is 9.78 Å². The van der Waals surface area contributed by atoms with Crippen LogP contribution in [0.1, 0.15) is 12.5 Å². The lowest BCUT2D eigenvalue weighted by Crippen LogP contribution is -2.24. The van der Waals surface area contributed by atoms with Gasteiger partial charge in [-0.15, -0.1) is 5.10 Å². The van der Waals surface area contributed by atoms with Crippen molar-refractivity contribution in [2.75, 3.05) is 13.2 Å². The number of halogens is 1. The molecule has 7 heteroatoms. The summed E-state index contributed by atoms with van der Waals surface area (Å²) in [6, 6.07) is 9.85. The Morgan fingerprint density at radius 3 is 2.64 bits per heavy atom. The molecule has 1 heterocycles. The molecule has 0 aliphatic heterocycles. The van der Waals surface area contributed by atoms with E-state index in [-0.39, 0.29) is 31.2 Å². The van der Waals surface area contributed by atoms with E-state index in [1.165, 1.54) is 16.8 Å². The van der Waals surface area contributed by atoms with Crippen LogP contribution in [0.4, 0.5) is 0 Å². The summed E-state index contributed by atoms with van der Waals surface area (Å²) >= 11 is 5.82. The third-order valence-electron chi connectivity index (χ3n) is 2.73. The Labute approximate surface area is 132 Å². The Morgan fingerprint density at radius 1 is 1.23 bits per heavy atom. The summed E-state index contributed by atoms with van der Waals surface area (Å²) in [5.74, 6) is -0.304. The maximum absolute atomic E-state index is 11.8. The van der Waals surface area contributed by atoms with Crippen LogP contribution in [0.25, 0.3) is 0 Å². The van der Waals surface area contributed by atoms with Gasteiger partial charge in [-0.05, 0) is 24.6 Å². The van der Waals surface area contributed by atoms with Gasteiger partial charge in [-0.3, -0.25) is 4.79 Å². The van der Waals surface area contributed by atoms with Crippen molar-refractivity contribution in [3.05, 3.63) is 57.3 Å². The number of esters is 1. The lowest BCUT2D eigenvalue weighted by atomic mass is 10.2. The fraction of sp³-hybridized carbons (Fsp3) is 0.267. The maximum Gasteiger partial charge on any atom is 0.344 e. The van der Waals surface area contributed by atoms with Gasteiger partial charge < -0.3 is 9.47 Å². The fourth-order valence-electron chi connectivity index (χ4n) is 1.72. The summed E-state index contributed by atoms with van der Waals surface area (Å²) in [4.78, 5) is 23.0. The molecule has 22 heavy (non-hydrogen) atoms. The van der Waals surface area contributed by atoms with E-state index in [0.717, 1.165) is 5.56 Å². The minimum atomic E-state index is -0.486. The predicted molar refractivity (Wildman–Crippen MR) is 81.2 cm³/mol. The molecule has 116 valence electrons. The van der Waals surface area contributed by atoms with Gasteiger partial charge in [-0.1, -0.05) is 23.7 Å². The van der Waals surface area contributed by atoms with Gasteiger partial charge in [0.15, 0.2) is 6.61 Å². The van der Waals surface area contributed by atoms with Gasteiger partial charge in [0.2, 0.25) is 5.88 Å². The van der Waals surface area contributed by atoms with E-state index in [1.54, 1.807) is 19.1 Å². The lowest BCUT2D eigenvalue weighted by molar-refractivity contribution is -0.145. The topological polar surface area (TPSA) is 70.4 Å². The van der Waals surface area contributed by atoms with Crippen LogP contribution >= 0.6 is 11.6 Å². The molecule has 2 rings (SSSR count). The van der Waals surface area contributed by atoms with E-state index in [9.17, 15) is 9.59 Å². The highest BCUT2D eigenvalue weighted by Gasteiger charge is 2.06. The van der Waals surface area contributed by atoms with E-state index in [0.29, 0.717) is 5.02 Å². The van der Waals surface area contributed by atoms with Crippen LogP contribution in [0.15, 0.2) is 41.2 Å². The number of carbonyl (C=O) groups is 1. The Morgan fingerprint density at radius 2 is 1.95 bits per heavy atom. The number of hydrogen-bond donors (Lipinski definition) is 0. The molecule has 0 atom stereocenters. The number of carbonyl (C=O) groups excluding carboxylic acids is 1. The molecule has 1 aromatic heterocycles. The maximum atomic E-state index is 11.8. The molecular weight excluding hydrogens is 308 g/mol. The zero-order valence-corrected chi connectivity index (χ0v) is 12.7. The molecule has 0 aliphatic carbocycles. The van der Waals surface area contributed by atoms with Crippen molar-refractivity contribution >= 4 is 17.6 Å². The molecular formula is C15H15ClN2O4. The molecule has 0 amide bonds. The second-order valence-electron chi connectivity index (χ2n) is 4.39. The summed E-state index contributed by atoms with van der Waals surface area (Å²) in [6.45, 7) is 2.03. The standard InChI is InChI=1S/C15H15ClN2O4/c1-2-21-15(20)10-22-13-7-8-14(19)18(17-13)9-11-3-5-12(16)6-4-11/h3-8H,2,9-10H2,1H3. The Balaban J connectivity index is 2.08. The van der Waals surface area contributed by atoms with Gasteiger partial charge in [-0.25, -0.2) is 9.48 Å². The number of nitrogens with zero attached hydrogens (tertiary/aromatic N) is 2. The number of aromatic nitrogens is 2. The first-order valence-corrected chi connectivity index (χ1v) is 7.07. The summed E-state index contributed by atoms with van der Waals surface area (Å²) in [6.07, 6.45) is 0. The summed E-state index contributed by atoms with van der Waals surface area (Å²) in [5.41, 5.74) is 0.611. The molecule has 1 aromatic carbocycles. The Bertz CT molecular complexity index is 697. The van der Waals surface area contributed by atoms with Crippen molar-refractivity contribution < 1.29 is 14.3 Å². The zero-order chi connectivity index (χ0) is 15.9. The fourth-order valence-corrected chi connectivity index (χ4v) is 1.84. The van der Waals surface area contributed by atoms with Crippen LogP contribution in [0.5, 0.6) is 5.88 Å². The van der Waals surface area contributed by atoms with E-state index in [1.807, 2.05) is 12.1 Å². The van der Waals surface area contributed by atoms with E-state index >= 15 is 0 Å². The predicted octanol–water partition coefficient (Wildman–Crippen LogP) is 1.89. The quantitative estimate of drug-likeness (QED) is 0.759. The molecule has 0 bridgehead atoms. The first-order chi connectivity index (χ1) is 10.6. The van der Waals surface area contributed by atoms with Crippen LogP contribution in [0.2, 0.25) is 5.02 Å². The summed E-state index contributed by atoms with van der Waals surface area (Å²) < 4.78 is 11.2. The van der Waals surface area contributed by atoms with Crippen molar-refractivity contribution in [2.45, 2.75) is 13.5 Å². The molecule has 6 nitrogen and oxygen atoms in total. The largest absolute Gasteiger partial charge is 0.465 e. The molecule has 0 fully saturated rings. The smallest absolute Gasteiger partial charge is 0.344 e. The molecule has 0 N–H and O–H groups in total. The minimum absolute atomic E-state index is 0.182. The van der Waals surface area contributed by atoms with E-state index in [2.05, 4.69) is 5.10 Å². The van der Waals surface area contributed by atoms with E-state index < -0.39 is 5.97 Å². The van der Waals surface area contributed by atoms with Gasteiger partial charge in [0.25, 0.3) is 5.56 Å². The SMILES string of the molecule is CCOC(=O)COc1ccc(=O)n(Cc2ccc(Cl)cc2)n1. The monoisotopic (exact) mass is 322 g/mol. The van der Waals surface area contributed by atoms with Crippen LogP contribution in [0, 0.1) is 0 Å². The second kappa shape index (κ2) is 7.61. The van der Waals surface area contributed by atoms with Gasteiger partial charge >= 0.3 is 5.97 Å². The molecule has 0 spiro atoms. The highest BCUT2D eigenvalue weighted by Crippen LogP contribution is 2.10. The van der Waals surface area contributed by atoms with Crippen LogP contribution < -0.4 is 10.3 Å². The Hall–Kier alpha value is -2.34. The van der Waals surface area contributed by atoms with Gasteiger partial charge in [0.1, 0.15) is 0 Å². The first-order valence-electron chi connectivity index (χ1n) is 6.69. The zero-order valence-electron chi connectivity index (χ0n) is 12.0. The third kappa shape index (κ3) is 4.60. The molecule has 0 saturated heterocycles. The minimum Gasteiger partial charge on any atom is -0.465 e. The third-order valence-corrected chi connectivity index (χ3v) is 2.98. The molecule has 0 unspecified atom stereocenters. The van der Waals surface area contributed by atoms with Gasteiger partial charge in [0.05, 0.1) is 13.2 Å². The Kier molecular flexibility index (Phi) is 5.55. The first kappa shape index (κ1) is 16.0. The summed E-state index contributed by atoms with van der Waals surface area (Å²) in [7, 11) is 0.